The molecule has 1 aliphatic rings. The molecule has 0 N–H and O–H groups in total. The Hall–Kier alpha value is -1.90. The van der Waals surface area contributed by atoms with Crippen molar-refractivity contribution in [1.29, 1.82) is 0 Å². The van der Waals surface area contributed by atoms with Gasteiger partial charge in [-0.25, -0.2) is 0 Å². The maximum atomic E-state index is 12.9. The summed E-state index contributed by atoms with van der Waals surface area (Å²) >= 11 is 0. The van der Waals surface area contributed by atoms with Crippen LogP contribution in [0.15, 0.2) is 36.5 Å². The molecule has 0 spiro atoms. The molecule has 1 amide bonds. The Bertz CT molecular complexity index is 760. The molecule has 0 radical (unpaired) electrons. The molecular weight excluding hydrogens is 344 g/mol. The van der Waals surface area contributed by atoms with Gasteiger partial charge in [-0.3, -0.25) is 9.78 Å². The fourth-order valence-corrected chi connectivity index (χ4v) is 4.69. The molecule has 0 bridgehead atoms. The fourth-order valence-electron chi connectivity index (χ4n) is 4.69. The smallest absolute Gasteiger partial charge is 0.222 e. The summed E-state index contributed by atoms with van der Waals surface area (Å²) < 4.78 is 0. The molecular formula is C25H36N2O. The average molecular weight is 381 g/mol. The predicted octanol–water partition coefficient (Wildman–Crippen LogP) is 6.04. The van der Waals surface area contributed by atoms with Gasteiger partial charge in [0.05, 0.1) is 5.52 Å². The third-order valence-corrected chi connectivity index (χ3v) is 5.96. The summed E-state index contributed by atoms with van der Waals surface area (Å²) in [6.45, 7) is 10.6. The number of pyridine rings is 1. The highest BCUT2D eigenvalue weighted by Crippen LogP contribution is 2.39. The van der Waals surface area contributed by atoms with Gasteiger partial charge < -0.3 is 4.90 Å². The maximum Gasteiger partial charge on any atom is 0.222 e. The molecule has 0 saturated heterocycles. The van der Waals surface area contributed by atoms with Crippen LogP contribution in [-0.2, 0) is 4.79 Å². The van der Waals surface area contributed by atoms with Gasteiger partial charge in [0.1, 0.15) is 0 Å². The largest absolute Gasteiger partial charge is 0.342 e. The molecule has 1 aliphatic carbocycles. The number of hydrogen-bond acceptors (Lipinski definition) is 2. The average Bonchev–Trinajstić information content (AvgIpc) is 2.67. The van der Waals surface area contributed by atoms with Gasteiger partial charge in [-0.2, -0.15) is 0 Å². The highest BCUT2D eigenvalue weighted by molar-refractivity contribution is 5.82. The van der Waals surface area contributed by atoms with Crippen molar-refractivity contribution in [3.8, 4) is 0 Å². The van der Waals surface area contributed by atoms with Crippen molar-refractivity contribution in [2.24, 2.45) is 17.8 Å². The van der Waals surface area contributed by atoms with Gasteiger partial charge in [0, 0.05) is 31.1 Å². The van der Waals surface area contributed by atoms with Gasteiger partial charge in [-0.15, -0.1) is 0 Å². The quantitative estimate of drug-likeness (QED) is 0.587. The molecule has 3 rings (SSSR count). The minimum absolute atomic E-state index is 0.361. The molecule has 1 saturated carbocycles. The monoisotopic (exact) mass is 380 g/mol. The second-order valence-electron chi connectivity index (χ2n) is 9.43. The second-order valence-corrected chi connectivity index (χ2v) is 9.43. The van der Waals surface area contributed by atoms with Crippen LogP contribution in [0.2, 0.25) is 0 Å². The first kappa shape index (κ1) is 20.8. The molecule has 2 aromatic rings. The van der Waals surface area contributed by atoms with E-state index < -0.39 is 0 Å². The van der Waals surface area contributed by atoms with Crippen LogP contribution < -0.4 is 0 Å². The van der Waals surface area contributed by atoms with E-state index in [1.165, 1.54) is 23.8 Å². The number of fused-ring (bicyclic) bond motifs is 1. The van der Waals surface area contributed by atoms with E-state index in [9.17, 15) is 4.79 Å². The van der Waals surface area contributed by atoms with Crippen LogP contribution >= 0.6 is 0 Å². The number of nitrogens with zero attached hydrogens (tertiary/aromatic N) is 2. The molecule has 1 fully saturated rings. The van der Waals surface area contributed by atoms with E-state index in [0.717, 1.165) is 37.9 Å². The zero-order valence-corrected chi connectivity index (χ0v) is 18.0. The SMILES string of the molecule is CC(C)CN(CC(C)C)C(=O)CC1CCC(c2ccnc3ccccc23)CC1. The molecule has 1 aromatic carbocycles. The Balaban J connectivity index is 1.59. The second kappa shape index (κ2) is 9.54. The van der Waals surface area contributed by atoms with Gasteiger partial charge in [0.25, 0.3) is 0 Å². The van der Waals surface area contributed by atoms with Crippen LogP contribution in [0.4, 0.5) is 0 Å². The van der Waals surface area contributed by atoms with Gasteiger partial charge >= 0.3 is 0 Å². The lowest BCUT2D eigenvalue weighted by Crippen LogP contribution is -2.38. The number of para-hydroxylation sites is 1. The molecule has 0 unspecified atom stereocenters. The molecule has 1 heterocycles. The molecule has 3 heteroatoms. The normalized spacial score (nSPS) is 20.1. The summed E-state index contributed by atoms with van der Waals surface area (Å²) in [7, 11) is 0. The van der Waals surface area contributed by atoms with Crippen LogP contribution in [0.25, 0.3) is 10.9 Å². The van der Waals surface area contributed by atoms with Gasteiger partial charge in [-0.05, 0) is 67.1 Å². The van der Waals surface area contributed by atoms with Crippen molar-refractivity contribution in [3.05, 3.63) is 42.1 Å². The Morgan fingerprint density at radius 2 is 1.64 bits per heavy atom. The number of amides is 1. The molecule has 0 atom stereocenters. The highest BCUT2D eigenvalue weighted by Gasteiger charge is 2.27. The number of carbonyl (C=O) groups is 1. The Morgan fingerprint density at radius 3 is 2.29 bits per heavy atom. The minimum atomic E-state index is 0.361. The van der Waals surface area contributed by atoms with E-state index in [-0.39, 0.29) is 0 Å². The summed E-state index contributed by atoms with van der Waals surface area (Å²) in [5.74, 6) is 2.55. The van der Waals surface area contributed by atoms with Gasteiger partial charge in [-0.1, -0.05) is 45.9 Å². The van der Waals surface area contributed by atoms with Gasteiger partial charge in [0.15, 0.2) is 0 Å². The molecule has 28 heavy (non-hydrogen) atoms. The van der Waals surface area contributed by atoms with E-state index in [1.54, 1.807) is 0 Å². The summed E-state index contributed by atoms with van der Waals surface area (Å²) in [4.78, 5) is 19.5. The van der Waals surface area contributed by atoms with Crippen LogP contribution in [0.1, 0.15) is 71.3 Å². The molecule has 152 valence electrons. The summed E-state index contributed by atoms with van der Waals surface area (Å²) in [6, 6.07) is 10.7. The third-order valence-electron chi connectivity index (χ3n) is 5.96. The van der Waals surface area contributed by atoms with Crippen LogP contribution in [0.3, 0.4) is 0 Å². The fraction of sp³-hybridized carbons (Fsp3) is 0.600. The van der Waals surface area contributed by atoms with E-state index in [4.69, 9.17) is 0 Å². The van der Waals surface area contributed by atoms with Crippen molar-refractivity contribution in [1.82, 2.24) is 9.88 Å². The number of carbonyl (C=O) groups excluding carboxylic acids is 1. The number of benzene rings is 1. The third kappa shape index (κ3) is 5.33. The molecule has 0 aliphatic heterocycles. The molecule has 1 aromatic heterocycles. The zero-order valence-electron chi connectivity index (χ0n) is 18.0. The summed E-state index contributed by atoms with van der Waals surface area (Å²) in [5.41, 5.74) is 2.53. The van der Waals surface area contributed by atoms with Crippen molar-refractivity contribution < 1.29 is 4.79 Å². The highest BCUT2D eigenvalue weighted by atomic mass is 16.2. The standard InChI is InChI=1S/C25H36N2O/c1-18(2)16-27(17-19(3)4)25(28)15-20-9-11-21(12-10-20)22-13-14-26-24-8-6-5-7-23(22)24/h5-8,13-14,18-21H,9-12,15-17H2,1-4H3. The first-order valence-electron chi connectivity index (χ1n) is 11.1. The van der Waals surface area contributed by atoms with Gasteiger partial charge in [0.2, 0.25) is 5.91 Å². The van der Waals surface area contributed by atoms with E-state index in [2.05, 4.69) is 67.9 Å². The number of hydrogen-bond donors (Lipinski definition) is 0. The first-order valence-corrected chi connectivity index (χ1v) is 11.1. The van der Waals surface area contributed by atoms with Crippen molar-refractivity contribution >= 4 is 16.8 Å². The van der Waals surface area contributed by atoms with Crippen molar-refractivity contribution in [3.63, 3.8) is 0 Å². The maximum absolute atomic E-state index is 12.9. The van der Waals surface area contributed by atoms with Crippen LogP contribution in [-0.4, -0.2) is 28.9 Å². The zero-order chi connectivity index (χ0) is 20.1. The lowest BCUT2D eigenvalue weighted by atomic mass is 9.76. The van der Waals surface area contributed by atoms with Crippen molar-refractivity contribution in [2.75, 3.05) is 13.1 Å². The van der Waals surface area contributed by atoms with Crippen LogP contribution in [0.5, 0.6) is 0 Å². The Kier molecular flexibility index (Phi) is 7.09. The predicted molar refractivity (Wildman–Crippen MR) is 117 cm³/mol. The van der Waals surface area contributed by atoms with Crippen molar-refractivity contribution in [2.45, 2.75) is 65.7 Å². The van der Waals surface area contributed by atoms with E-state index in [1.807, 2.05) is 6.20 Å². The lowest BCUT2D eigenvalue weighted by Gasteiger charge is -2.32. The summed E-state index contributed by atoms with van der Waals surface area (Å²) in [6.07, 6.45) is 7.35. The molecule has 3 nitrogen and oxygen atoms in total. The van der Waals surface area contributed by atoms with E-state index >= 15 is 0 Å². The minimum Gasteiger partial charge on any atom is -0.342 e. The first-order chi connectivity index (χ1) is 13.4. The Morgan fingerprint density at radius 1 is 1.00 bits per heavy atom. The van der Waals surface area contributed by atoms with Crippen LogP contribution in [0, 0.1) is 17.8 Å². The number of aromatic nitrogens is 1. The van der Waals surface area contributed by atoms with E-state index in [0.29, 0.717) is 29.6 Å². The lowest BCUT2D eigenvalue weighted by molar-refractivity contribution is -0.133. The topological polar surface area (TPSA) is 33.2 Å². The summed E-state index contributed by atoms with van der Waals surface area (Å²) in [5, 5.41) is 1.30. The Labute approximate surface area is 170 Å². The number of rotatable bonds is 7.